The Kier molecular flexibility index (Phi) is 41.1. The van der Waals surface area contributed by atoms with Gasteiger partial charge in [-0.15, -0.1) is 6.58 Å². The summed E-state index contributed by atoms with van der Waals surface area (Å²) >= 11 is 0. The molecule has 0 nitrogen and oxygen atoms in total. The van der Waals surface area contributed by atoms with Gasteiger partial charge in [-0.1, -0.05) is 154 Å². The lowest BCUT2D eigenvalue weighted by molar-refractivity contribution is 0.477. The van der Waals surface area contributed by atoms with E-state index in [-0.39, 0.29) is 0 Å². The minimum Gasteiger partial charge on any atom is -0.100 e. The molecule has 0 aromatic heterocycles. The van der Waals surface area contributed by atoms with Crippen LogP contribution in [0.4, 0.5) is 0 Å². The maximum atomic E-state index is 3.93. The predicted octanol–water partition coefficient (Wildman–Crippen LogP) is 13.5. The van der Waals surface area contributed by atoms with Crippen molar-refractivity contribution in [2.24, 2.45) is 5.92 Å². The summed E-state index contributed by atoms with van der Waals surface area (Å²) in [5, 5.41) is 0. The molecule has 0 amide bonds. The third-order valence-corrected chi connectivity index (χ3v) is 5.01. The first-order valence-electron chi connectivity index (χ1n) is 14.8. The summed E-state index contributed by atoms with van der Waals surface area (Å²) < 4.78 is 0. The van der Waals surface area contributed by atoms with Gasteiger partial charge in [0.2, 0.25) is 0 Å². The Morgan fingerprint density at radius 1 is 0.622 bits per heavy atom. The molecule has 0 radical (unpaired) electrons. The highest BCUT2D eigenvalue weighted by molar-refractivity contribution is 5.64. The fraction of sp³-hybridized carbons (Fsp3) is 0.568. The molecule has 0 fully saturated rings. The van der Waals surface area contributed by atoms with Crippen molar-refractivity contribution in [3.63, 3.8) is 0 Å². The molecular formula is C37H68. The molecule has 0 heterocycles. The van der Waals surface area contributed by atoms with Gasteiger partial charge in [0, 0.05) is 0 Å². The van der Waals surface area contributed by atoms with E-state index in [2.05, 4.69) is 118 Å². The molecule has 0 saturated carbocycles. The molecule has 0 aliphatic carbocycles. The zero-order valence-corrected chi connectivity index (χ0v) is 28.4. The van der Waals surface area contributed by atoms with Crippen LogP contribution in [-0.2, 0) is 0 Å². The lowest BCUT2D eigenvalue weighted by Gasteiger charge is -2.05. The van der Waals surface area contributed by atoms with Crippen molar-refractivity contribution < 1.29 is 0 Å². The first kappa shape index (κ1) is 44.9. The van der Waals surface area contributed by atoms with Gasteiger partial charge in [-0.25, -0.2) is 0 Å². The summed E-state index contributed by atoms with van der Waals surface area (Å²) in [6, 6.07) is 14.8. The number of hydrogen-bond acceptors (Lipinski definition) is 0. The van der Waals surface area contributed by atoms with E-state index in [1.54, 1.807) is 0 Å². The summed E-state index contributed by atoms with van der Waals surface area (Å²) in [5.41, 5.74) is 8.94. The molecule has 0 heteroatoms. The molecule has 2 aromatic carbocycles. The Labute approximate surface area is 236 Å². The van der Waals surface area contributed by atoms with Gasteiger partial charge in [-0.3, -0.25) is 0 Å². The van der Waals surface area contributed by atoms with Gasteiger partial charge in [0.15, 0.2) is 0 Å². The smallest absolute Gasteiger partial charge is 0.0201 e. The van der Waals surface area contributed by atoms with E-state index in [0.29, 0.717) is 0 Å². The third kappa shape index (κ3) is 33.9. The van der Waals surface area contributed by atoms with Crippen molar-refractivity contribution in [2.75, 3.05) is 0 Å². The lowest BCUT2D eigenvalue weighted by atomic mass is 10.0. The fourth-order valence-corrected chi connectivity index (χ4v) is 2.72. The topological polar surface area (TPSA) is 0 Å². The average molecular weight is 513 g/mol. The Morgan fingerprint density at radius 2 is 0.946 bits per heavy atom. The number of aryl methyl sites for hydroxylation is 4. The monoisotopic (exact) mass is 513 g/mol. The number of rotatable bonds is 4. The van der Waals surface area contributed by atoms with Crippen molar-refractivity contribution >= 4 is 5.57 Å². The average Bonchev–Trinajstić information content (AvgIpc) is 2.87. The van der Waals surface area contributed by atoms with Crippen molar-refractivity contribution in [3.8, 4) is 0 Å². The number of allylic oxidation sites excluding steroid dienone is 2. The lowest BCUT2D eigenvalue weighted by Crippen LogP contribution is -1.91. The van der Waals surface area contributed by atoms with Gasteiger partial charge in [0.05, 0.1) is 0 Å². The Balaban J connectivity index is -0.000000118. The summed E-state index contributed by atoms with van der Waals surface area (Å²) in [5.74, 6) is 0.986. The highest BCUT2D eigenvalue weighted by Gasteiger charge is 1.97. The molecule has 0 bridgehead atoms. The molecule has 0 saturated heterocycles. The number of benzene rings is 2. The molecule has 2 aromatic rings. The maximum Gasteiger partial charge on any atom is -0.0201 e. The second-order valence-corrected chi connectivity index (χ2v) is 9.19. The van der Waals surface area contributed by atoms with Crippen LogP contribution >= 0.6 is 0 Å². The first-order valence-corrected chi connectivity index (χ1v) is 14.8. The molecular weight excluding hydrogens is 444 g/mol. The molecule has 216 valence electrons. The van der Waals surface area contributed by atoms with Crippen LogP contribution in [-0.4, -0.2) is 0 Å². The SMILES string of the molecule is C=C(C)C.C=C(C)c1cc(C)ccc1C.CC.CC.CCC.CCC(CC)CC.Cc1ccccc1C. The minimum atomic E-state index is 0.986. The highest BCUT2D eigenvalue weighted by atomic mass is 14.0. The highest BCUT2D eigenvalue weighted by Crippen LogP contribution is 2.17. The van der Waals surface area contributed by atoms with Gasteiger partial charge in [0.25, 0.3) is 0 Å². The second kappa shape index (κ2) is 33.9. The second-order valence-electron chi connectivity index (χ2n) is 9.19. The van der Waals surface area contributed by atoms with Crippen LogP contribution in [0.5, 0.6) is 0 Å². The molecule has 0 unspecified atom stereocenters. The third-order valence-electron chi connectivity index (χ3n) is 5.01. The van der Waals surface area contributed by atoms with Gasteiger partial charge in [-0.05, 0) is 76.6 Å². The van der Waals surface area contributed by atoms with Crippen LogP contribution in [0.15, 0.2) is 61.2 Å². The normalized spacial score (nSPS) is 8.35. The number of hydrogen-bond donors (Lipinski definition) is 0. The van der Waals surface area contributed by atoms with E-state index in [0.717, 1.165) is 11.5 Å². The van der Waals surface area contributed by atoms with Crippen molar-refractivity contribution in [2.45, 2.75) is 136 Å². The standard InChI is InChI=1S/C11H14.C8H10.C7H16.C4H8.C3H8.2C2H6/c1-8(2)11-7-9(3)5-6-10(11)4;1-7-5-3-4-6-8(7)2;1-4-7(5-2)6-3;1-4(2)3;1-3-2;2*1-2/h5-7H,1H2,2-4H3;3-6H,1-2H3;7H,4-6H2,1-3H3;1H2,2-3H3;3H2,1-2H3;2*1-2H3. The Bertz CT molecular complexity index is 714. The molecule has 0 spiro atoms. The van der Waals surface area contributed by atoms with Crippen molar-refractivity contribution in [1.29, 1.82) is 0 Å². The van der Waals surface area contributed by atoms with E-state index in [4.69, 9.17) is 0 Å². The summed E-state index contributed by atoms with van der Waals surface area (Å²) in [6.45, 7) is 41.0. The Hall–Kier alpha value is -2.08. The van der Waals surface area contributed by atoms with Crippen LogP contribution in [0, 0.1) is 33.6 Å². The van der Waals surface area contributed by atoms with Gasteiger partial charge >= 0.3 is 0 Å². The van der Waals surface area contributed by atoms with E-state index in [1.165, 1.54) is 59.1 Å². The largest absolute Gasteiger partial charge is 0.100 e. The van der Waals surface area contributed by atoms with Crippen molar-refractivity contribution in [3.05, 3.63) is 89.0 Å². The van der Waals surface area contributed by atoms with E-state index in [9.17, 15) is 0 Å². The van der Waals surface area contributed by atoms with Crippen LogP contribution in [0.2, 0.25) is 0 Å². The molecule has 2 rings (SSSR count). The van der Waals surface area contributed by atoms with Crippen molar-refractivity contribution in [1.82, 2.24) is 0 Å². The van der Waals surface area contributed by atoms with Crippen LogP contribution in [0.3, 0.4) is 0 Å². The molecule has 0 aliphatic rings. The van der Waals surface area contributed by atoms with Crippen LogP contribution in [0.1, 0.15) is 137 Å². The van der Waals surface area contributed by atoms with Crippen LogP contribution < -0.4 is 0 Å². The van der Waals surface area contributed by atoms with Gasteiger partial charge < -0.3 is 0 Å². The first-order chi connectivity index (χ1) is 17.4. The predicted molar refractivity (Wildman–Crippen MR) is 180 cm³/mol. The summed E-state index contributed by atoms with van der Waals surface area (Å²) in [6.07, 6.45) is 5.31. The minimum absolute atomic E-state index is 0.986. The van der Waals surface area contributed by atoms with Gasteiger partial charge in [0.1, 0.15) is 0 Å². The van der Waals surface area contributed by atoms with E-state index in [1.807, 2.05) is 48.5 Å². The Morgan fingerprint density at radius 3 is 1.14 bits per heavy atom. The van der Waals surface area contributed by atoms with E-state index < -0.39 is 0 Å². The zero-order valence-electron chi connectivity index (χ0n) is 28.4. The quantitative estimate of drug-likeness (QED) is 0.357. The maximum absolute atomic E-state index is 3.93. The van der Waals surface area contributed by atoms with Crippen LogP contribution in [0.25, 0.3) is 5.57 Å². The molecule has 0 aliphatic heterocycles. The molecule has 37 heavy (non-hydrogen) atoms. The molecule has 0 atom stereocenters. The van der Waals surface area contributed by atoms with Gasteiger partial charge in [-0.2, -0.15) is 0 Å². The fourth-order valence-electron chi connectivity index (χ4n) is 2.72. The summed E-state index contributed by atoms with van der Waals surface area (Å²) in [7, 11) is 0. The summed E-state index contributed by atoms with van der Waals surface area (Å²) in [4.78, 5) is 0. The zero-order chi connectivity index (χ0) is 30.4. The molecule has 0 N–H and O–H groups in total. The van der Waals surface area contributed by atoms with E-state index >= 15 is 0 Å².